The van der Waals surface area contributed by atoms with Gasteiger partial charge in [-0.05, 0) is 30.9 Å². The molecule has 1 aliphatic heterocycles. The van der Waals surface area contributed by atoms with Crippen molar-refractivity contribution in [1.29, 1.82) is 0 Å². The molecule has 1 unspecified atom stereocenters. The molecule has 6 nitrogen and oxygen atoms in total. The Hall–Kier alpha value is -1.80. The summed E-state index contributed by atoms with van der Waals surface area (Å²) in [6.07, 6.45) is 4.43. The highest BCUT2D eigenvalue weighted by Gasteiger charge is 2.23. The predicted octanol–water partition coefficient (Wildman–Crippen LogP) is 1.53. The van der Waals surface area contributed by atoms with Crippen molar-refractivity contribution in [2.75, 3.05) is 30.8 Å². The molecule has 0 bridgehead atoms. The van der Waals surface area contributed by atoms with Crippen LogP contribution in [-0.2, 0) is 10.0 Å². The second kappa shape index (κ2) is 6.37. The third kappa shape index (κ3) is 3.76. The van der Waals surface area contributed by atoms with Crippen molar-refractivity contribution in [1.82, 2.24) is 14.7 Å². The quantitative estimate of drug-likeness (QED) is 0.915. The summed E-state index contributed by atoms with van der Waals surface area (Å²) in [7, 11) is -3.19. The van der Waals surface area contributed by atoms with Crippen LogP contribution in [0.25, 0.3) is 10.9 Å². The van der Waals surface area contributed by atoms with E-state index in [1.807, 2.05) is 6.07 Å². The lowest BCUT2D eigenvalue weighted by Gasteiger charge is -2.34. The number of fused-ring (bicyclic) bond motifs is 1. The smallest absolute Gasteiger partial charge is 0.208 e. The first-order valence-electron chi connectivity index (χ1n) is 7.53. The fourth-order valence-corrected chi connectivity index (χ4v) is 3.52. The zero-order chi connectivity index (χ0) is 16.4. The molecule has 1 N–H and O–H groups in total. The van der Waals surface area contributed by atoms with Crippen LogP contribution in [-0.4, -0.2) is 44.3 Å². The Labute approximate surface area is 134 Å². The molecule has 1 aromatic heterocycles. The maximum absolute atomic E-state index is 13.9. The van der Waals surface area contributed by atoms with Crippen LogP contribution in [0, 0.1) is 11.7 Å². The topological polar surface area (TPSA) is 75.2 Å². The Kier molecular flexibility index (Phi) is 4.45. The van der Waals surface area contributed by atoms with Gasteiger partial charge >= 0.3 is 0 Å². The lowest BCUT2D eigenvalue weighted by Crippen LogP contribution is -2.41. The maximum Gasteiger partial charge on any atom is 0.208 e. The Morgan fingerprint density at radius 2 is 2.22 bits per heavy atom. The van der Waals surface area contributed by atoms with E-state index in [0.717, 1.165) is 25.6 Å². The van der Waals surface area contributed by atoms with E-state index in [0.29, 0.717) is 29.8 Å². The van der Waals surface area contributed by atoms with Gasteiger partial charge in [-0.3, -0.25) is 0 Å². The predicted molar refractivity (Wildman–Crippen MR) is 87.3 cm³/mol. The van der Waals surface area contributed by atoms with Crippen molar-refractivity contribution in [2.24, 2.45) is 5.92 Å². The van der Waals surface area contributed by atoms with E-state index in [4.69, 9.17) is 0 Å². The zero-order valence-electron chi connectivity index (χ0n) is 12.9. The minimum atomic E-state index is -3.19. The zero-order valence-corrected chi connectivity index (χ0v) is 13.7. The summed E-state index contributed by atoms with van der Waals surface area (Å²) in [5, 5.41) is 0.684. The molecule has 0 radical (unpaired) electrons. The molecule has 0 amide bonds. The van der Waals surface area contributed by atoms with Crippen molar-refractivity contribution < 1.29 is 12.8 Å². The third-order valence-corrected chi connectivity index (χ3v) is 4.74. The molecule has 23 heavy (non-hydrogen) atoms. The number of nitrogens with zero attached hydrogens (tertiary/aromatic N) is 3. The van der Waals surface area contributed by atoms with Gasteiger partial charge in [0.1, 0.15) is 23.5 Å². The number of hydrogen-bond donors (Lipinski definition) is 1. The highest BCUT2D eigenvalue weighted by molar-refractivity contribution is 7.88. The van der Waals surface area contributed by atoms with Crippen LogP contribution in [0.5, 0.6) is 0 Å². The van der Waals surface area contributed by atoms with E-state index in [1.54, 1.807) is 6.07 Å². The summed E-state index contributed by atoms with van der Waals surface area (Å²) in [6, 6.07) is 4.84. The van der Waals surface area contributed by atoms with Gasteiger partial charge in [0.15, 0.2) is 0 Å². The van der Waals surface area contributed by atoms with Crippen LogP contribution in [0.2, 0.25) is 0 Å². The molecular formula is C15H19FN4O2S. The number of anilines is 1. The minimum Gasteiger partial charge on any atom is -0.356 e. The molecule has 1 saturated heterocycles. The van der Waals surface area contributed by atoms with Gasteiger partial charge in [0, 0.05) is 25.0 Å². The molecule has 1 atom stereocenters. The summed E-state index contributed by atoms with van der Waals surface area (Å²) in [6.45, 7) is 1.91. The van der Waals surface area contributed by atoms with Gasteiger partial charge in [-0.15, -0.1) is 0 Å². The van der Waals surface area contributed by atoms with Crippen LogP contribution in [0.3, 0.4) is 0 Å². The van der Waals surface area contributed by atoms with Gasteiger partial charge in [0.25, 0.3) is 0 Å². The average Bonchev–Trinajstić information content (AvgIpc) is 2.53. The number of nitrogens with one attached hydrogen (secondary N) is 1. The van der Waals surface area contributed by atoms with Crippen molar-refractivity contribution in [2.45, 2.75) is 12.8 Å². The molecule has 1 fully saturated rings. The standard InChI is InChI=1S/C15H19FN4O2S/c1-23(21,22)19-8-11-4-3-7-20(9-11)15-12-5-2-6-13(16)14(12)17-10-18-15/h2,5-6,10-11,19H,3-4,7-9H2,1H3. The second-order valence-corrected chi connectivity index (χ2v) is 7.74. The first kappa shape index (κ1) is 16.1. The van der Waals surface area contributed by atoms with Gasteiger partial charge in [-0.2, -0.15) is 0 Å². The second-order valence-electron chi connectivity index (χ2n) is 5.91. The first-order chi connectivity index (χ1) is 10.9. The number of para-hydroxylation sites is 1. The molecule has 124 valence electrons. The molecular weight excluding hydrogens is 319 g/mol. The van der Waals surface area contributed by atoms with Gasteiger partial charge < -0.3 is 4.90 Å². The van der Waals surface area contributed by atoms with Crippen molar-refractivity contribution >= 4 is 26.7 Å². The van der Waals surface area contributed by atoms with E-state index < -0.39 is 10.0 Å². The highest BCUT2D eigenvalue weighted by atomic mass is 32.2. The van der Waals surface area contributed by atoms with Crippen molar-refractivity contribution in [3.05, 3.63) is 30.3 Å². The maximum atomic E-state index is 13.9. The molecule has 3 rings (SSSR count). The third-order valence-electron chi connectivity index (χ3n) is 4.05. The normalized spacial score (nSPS) is 19.2. The molecule has 2 heterocycles. The Morgan fingerprint density at radius 3 is 3.00 bits per heavy atom. The number of benzene rings is 1. The summed E-state index contributed by atoms with van der Waals surface area (Å²) in [5.41, 5.74) is 0.314. The molecule has 8 heteroatoms. The molecule has 1 aliphatic rings. The number of hydrogen-bond acceptors (Lipinski definition) is 5. The molecule has 0 aliphatic carbocycles. The van der Waals surface area contributed by atoms with Crippen molar-refractivity contribution in [3.63, 3.8) is 0 Å². The number of rotatable bonds is 4. The summed E-state index contributed by atoms with van der Waals surface area (Å²) >= 11 is 0. The van der Waals surface area contributed by atoms with E-state index in [9.17, 15) is 12.8 Å². The lowest BCUT2D eigenvalue weighted by atomic mass is 9.98. The van der Waals surface area contributed by atoms with Gasteiger partial charge in [0.2, 0.25) is 10.0 Å². The monoisotopic (exact) mass is 338 g/mol. The van der Waals surface area contributed by atoms with Crippen LogP contribution >= 0.6 is 0 Å². The SMILES string of the molecule is CS(=O)(=O)NCC1CCCN(c2ncnc3c(F)cccc23)C1. The van der Waals surface area contributed by atoms with E-state index in [2.05, 4.69) is 19.6 Å². The van der Waals surface area contributed by atoms with Gasteiger partial charge in [-0.25, -0.2) is 27.5 Å². The van der Waals surface area contributed by atoms with Gasteiger partial charge in [0.05, 0.1) is 6.26 Å². The summed E-state index contributed by atoms with van der Waals surface area (Å²) in [4.78, 5) is 10.4. The van der Waals surface area contributed by atoms with E-state index in [-0.39, 0.29) is 11.7 Å². The molecule has 0 saturated carbocycles. The van der Waals surface area contributed by atoms with Gasteiger partial charge in [-0.1, -0.05) is 6.07 Å². The lowest BCUT2D eigenvalue weighted by molar-refractivity contribution is 0.410. The Balaban J connectivity index is 1.83. The van der Waals surface area contributed by atoms with Crippen LogP contribution < -0.4 is 9.62 Å². The number of piperidine rings is 1. The van der Waals surface area contributed by atoms with Crippen LogP contribution in [0.15, 0.2) is 24.5 Å². The van der Waals surface area contributed by atoms with E-state index in [1.165, 1.54) is 12.4 Å². The van der Waals surface area contributed by atoms with Crippen LogP contribution in [0.4, 0.5) is 10.2 Å². The molecule has 2 aromatic rings. The van der Waals surface area contributed by atoms with Crippen LogP contribution in [0.1, 0.15) is 12.8 Å². The van der Waals surface area contributed by atoms with E-state index >= 15 is 0 Å². The largest absolute Gasteiger partial charge is 0.356 e. The fourth-order valence-electron chi connectivity index (χ4n) is 2.98. The summed E-state index contributed by atoms with van der Waals surface area (Å²) in [5.74, 6) is 0.550. The minimum absolute atomic E-state index is 0.206. The average molecular weight is 338 g/mol. The molecule has 1 aromatic carbocycles. The number of aromatic nitrogens is 2. The first-order valence-corrected chi connectivity index (χ1v) is 9.42. The highest BCUT2D eigenvalue weighted by Crippen LogP contribution is 2.28. The van der Waals surface area contributed by atoms with Crippen molar-refractivity contribution in [3.8, 4) is 0 Å². The number of halogens is 1. The molecule has 0 spiro atoms. The number of sulfonamides is 1. The Morgan fingerprint density at radius 1 is 1.39 bits per heavy atom. The summed E-state index contributed by atoms with van der Waals surface area (Å²) < 4.78 is 38.9. The Bertz CT molecular complexity index is 812. The fraction of sp³-hybridized carbons (Fsp3) is 0.467.